The van der Waals surface area contributed by atoms with Gasteiger partial charge in [-0.25, -0.2) is 7.69 Å². The van der Waals surface area contributed by atoms with Gasteiger partial charge in [0.15, 0.2) is 0 Å². The second-order valence-corrected chi connectivity index (χ2v) is 0.0962. The smallest absolute Gasteiger partial charge is 0.900 e. The summed E-state index contributed by atoms with van der Waals surface area (Å²) in [6.07, 6.45) is 0. The molecule has 0 saturated heterocycles. The van der Waals surface area contributed by atoms with Crippen LogP contribution in [0.4, 0.5) is 0 Å². The number of hydrogen-bond acceptors (Lipinski definition) is 2. The van der Waals surface area contributed by atoms with Crippen molar-refractivity contribution in [3.63, 3.8) is 0 Å². The van der Waals surface area contributed by atoms with E-state index < -0.39 is 7.69 Å². The molecule has 0 unspecified atom stereocenters. The summed E-state index contributed by atoms with van der Waals surface area (Å²) in [5.41, 5.74) is 0. The van der Waals surface area contributed by atoms with Gasteiger partial charge in [-0.15, -0.1) is 0 Å². The fraction of sp³-hybridized carbons (Fsp3) is 0. The minimum absolute atomic E-state index is 0. The fourth-order valence-electron chi connectivity index (χ4n) is 0. The number of hydrogen-bond donors (Lipinski definition) is 0. The van der Waals surface area contributed by atoms with Gasteiger partial charge in [0.05, 0.1) is 0 Å². The van der Waals surface area contributed by atoms with Crippen molar-refractivity contribution in [3.8, 4) is 0 Å². The molecule has 4 heteroatoms. The number of rotatable bonds is 0. The molecule has 0 aromatic heterocycles. The van der Waals surface area contributed by atoms with Crippen molar-refractivity contribution in [1.82, 2.24) is 0 Å². The largest absolute Gasteiger partial charge is 2.00 e. The third-order valence-corrected chi connectivity index (χ3v) is 0. The molecule has 0 rings (SSSR count). The van der Waals surface area contributed by atoms with Crippen LogP contribution in [-0.4, -0.2) is 45.4 Å². The third-order valence-electron chi connectivity index (χ3n) is 0. The van der Waals surface area contributed by atoms with Crippen LogP contribution in [0.1, 0.15) is 0 Å². The molecule has 0 amide bonds. The predicted octanol–water partition coefficient (Wildman–Crippen LogP) is -3.14. The minimum atomic E-state index is -0.500. The zero-order valence-electron chi connectivity index (χ0n) is 2.10. The average Bonchev–Trinajstić information content (AvgIpc) is 0.918. The van der Waals surface area contributed by atoms with E-state index in [0.717, 1.165) is 0 Å². The predicted molar refractivity (Wildman–Crippen MR) is 11.5 cm³/mol. The van der Waals surface area contributed by atoms with Gasteiger partial charge < -0.3 is 10.0 Å². The quantitative estimate of drug-likeness (QED) is 0.290. The van der Waals surface area contributed by atoms with Crippen LogP contribution in [0.25, 0.3) is 0 Å². The maximum Gasteiger partial charge on any atom is 2.00 e. The van der Waals surface area contributed by atoms with E-state index in [2.05, 4.69) is 0 Å². The van der Waals surface area contributed by atoms with Crippen molar-refractivity contribution >= 4 is 45.4 Å². The van der Waals surface area contributed by atoms with Gasteiger partial charge in [-0.1, -0.05) is 0 Å². The van der Waals surface area contributed by atoms with Crippen molar-refractivity contribution < 1.29 is 10.0 Å². The zero-order chi connectivity index (χ0) is 2.71. The fourth-order valence-corrected chi connectivity index (χ4v) is 0. The normalized spacial score (nSPS) is 3.50. The first-order valence-electron chi connectivity index (χ1n) is 0.471. The van der Waals surface area contributed by atoms with E-state index in [-0.39, 0.29) is 37.7 Å². The molecule has 0 aliphatic heterocycles. The summed E-state index contributed by atoms with van der Waals surface area (Å²) in [5, 5.41) is 16.5. The second-order valence-electron chi connectivity index (χ2n) is 0.0962. The molecule has 4 heavy (non-hydrogen) atoms. The molecule has 0 aromatic rings. The third kappa shape index (κ3) is 10.6. The van der Waals surface area contributed by atoms with Gasteiger partial charge in [-0.3, -0.25) is 0 Å². The Hall–Kier alpha value is 1.24. The molecule has 0 aromatic carbocycles. The van der Waals surface area contributed by atoms with Crippen molar-refractivity contribution in [2.45, 2.75) is 0 Å². The Bertz CT molecular complexity index is 6.00. The summed E-state index contributed by atoms with van der Waals surface area (Å²) in [6.45, 7) is 0. The Morgan fingerprint density at radius 3 is 1.25 bits per heavy atom. The van der Waals surface area contributed by atoms with E-state index in [1.165, 1.54) is 0 Å². The molecule has 0 N–H and O–H groups in total. The maximum absolute atomic E-state index is 8.25. The minimum Gasteiger partial charge on any atom is -0.900 e. The van der Waals surface area contributed by atoms with Crippen LogP contribution < -0.4 is 10.0 Å². The van der Waals surface area contributed by atoms with Crippen LogP contribution in [0.3, 0.4) is 0 Å². The van der Waals surface area contributed by atoms with Crippen LogP contribution in [0.5, 0.6) is 0 Å². The van der Waals surface area contributed by atoms with Crippen molar-refractivity contribution in [2.24, 2.45) is 0 Å². The van der Waals surface area contributed by atoms with Gasteiger partial charge >= 0.3 is 37.7 Å². The first-order valence-corrected chi connectivity index (χ1v) is 0.471. The molecule has 0 aliphatic rings. The van der Waals surface area contributed by atoms with Crippen molar-refractivity contribution in [3.05, 3.63) is 0 Å². The topological polar surface area (TPSA) is 46.1 Å². The Balaban J connectivity index is 0. The van der Waals surface area contributed by atoms with Gasteiger partial charge in [0.2, 0.25) is 0 Å². The van der Waals surface area contributed by atoms with Crippen LogP contribution in [0.15, 0.2) is 0 Å². The van der Waals surface area contributed by atoms with Crippen LogP contribution in [0, 0.1) is 0 Å². The van der Waals surface area contributed by atoms with Gasteiger partial charge in [0, 0.05) is 0 Å². The molecule has 0 bridgehead atoms. The van der Waals surface area contributed by atoms with E-state index in [1.807, 2.05) is 0 Å². The molecular weight excluding hydrogens is 82.9 g/mol. The van der Waals surface area contributed by atoms with Crippen LogP contribution in [-0.2, 0) is 0 Å². The van der Waals surface area contributed by atoms with Crippen LogP contribution in [0.2, 0.25) is 0 Å². The molecule has 0 aliphatic carbocycles. The molecule has 0 heterocycles. The van der Waals surface area contributed by atoms with E-state index in [4.69, 9.17) is 10.0 Å². The molecule has 0 saturated carbocycles. The molecule has 0 fully saturated rings. The Morgan fingerprint density at radius 1 is 1.25 bits per heavy atom. The van der Waals surface area contributed by atoms with Gasteiger partial charge in [0.25, 0.3) is 0 Å². The SMILES string of the molecule is [Ca+2].[O-][B][O-]. The Morgan fingerprint density at radius 2 is 1.25 bits per heavy atom. The summed E-state index contributed by atoms with van der Waals surface area (Å²) in [5.74, 6) is 0. The summed E-state index contributed by atoms with van der Waals surface area (Å²) in [7, 11) is -0.500. The van der Waals surface area contributed by atoms with Gasteiger partial charge in [-0.05, 0) is 0 Å². The molecule has 0 atom stereocenters. The van der Waals surface area contributed by atoms with Crippen molar-refractivity contribution in [2.75, 3.05) is 0 Å². The Labute approximate surface area is 55.1 Å². The second kappa shape index (κ2) is 8.87. The first-order chi connectivity index (χ1) is 1.41. The molecule has 17 valence electrons. The van der Waals surface area contributed by atoms with E-state index >= 15 is 0 Å². The Kier molecular flexibility index (Phi) is 19.9. The molecular formula is BCaO2. The molecule has 0 spiro atoms. The summed E-state index contributed by atoms with van der Waals surface area (Å²) >= 11 is 0. The van der Waals surface area contributed by atoms with Gasteiger partial charge in [0.1, 0.15) is 0 Å². The zero-order valence-corrected chi connectivity index (χ0v) is 4.31. The van der Waals surface area contributed by atoms with E-state index in [9.17, 15) is 0 Å². The summed E-state index contributed by atoms with van der Waals surface area (Å²) in [4.78, 5) is 0. The average molecular weight is 82.9 g/mol. The van der Waals surface area contributed by atoms with Crippen molar-refractivity contribution in [1.29, 1.82) is 0 Å². The maximum atomic E-state index is 8.25. The molecule has 1 radical (unpaired) electrons. The molecule has 2 nitrogen and oxygen atoms in total. The monoisotopic (exact) mass is 83.0 g/mol. The van der Waals surface area contributed by atoms with E-state index in [0.29, 0.717) is 0 Å². The standard InChI is InChI=1S/BO2.Ca/c2-1-3;/q-2;+2. The first kappa shape index (κ1) is 8.98. The van der Waals surface area contributed by atoms with E-state index in [1.54, 1.807) is 0 Å². The van der Waals surface area contributed by atoms with Crippen LogP contribution >= 0.6 is 0 Å². The van der Waals surface area contributed by atoms with Gasteiger partial charge in [-0.2, -0.15) is 0 Å². The summed E-state index contributed by atoms with van der Waals surface area (Å²) in [6, 6.07) is 0. The summed E-state index contributed by atoms with van der Waals surface area (Å²) < 4.78 is 0.